The van der Waals surface area contributed by atoms with Crippen molar-refractivity contribution in [2.24, 2.45) is 0 Å². The number of carbonyl (C=O) groups is 1. The van der Waals surface area contributed by atoms with Gasteiger partial charge in [-0.25, -0.2) is 17.9 Å². The summed E-state index contributed by atoms with van der Waals surface area (Å²) in [7, 11) is -3.16. The average molecular weight is 383 g/mol. The van der Waals surface area contributed by atoms with Gasteiger partial charge in [-0.1, -0.05) is 25.0 Å². The van der Waals surface area contributed by atoms with Crippen molar-refractivity contribution >= 4 is 21.8 Å². The first-order chi connectivity index (χ1) is 12.2. The number of aryl methyl sites for hydroxylation is 1. The van der Waals surface area contributed by atoms with E-state index in [4.69, 9.17) is 4.74 Å². The first kappa shape index (κ1) is 20.7. The minimum atomic E-state index is -3.16. The van der Waals surface area contributed by atoms with Gasteiger partial charge in [-0.05, 0) is 64.2 Å². The Morgan fingerprint density at radius 1 is 1.15 bits per heavy atom. The van der Waals surface area contributed by atoms with Crippen LogP contribution in [0.4, 0.5) is 10.5 Å². The Bertz CT molecular complexity index is 687. The van der Waals surface area contributed by atoms with E-state index in [1.165, 1.54) is 0 Å². The van der Waals surface area contributed by atoms with Crippen LogP contribution in [0.1, 0.15) is 58.4 Å². The van der Waals surface area contributed by atoms with Crippen LogP contribution in [0, 0.1) is 0 Å². The van der Waals surface area contributed by atoms with Crippen LogP contribution in [0.25, 0.3) is 0 Å². The number of sulfonamides is 1. The molecule has 0 bridgehead atoms. The van der Waals surface area contributed by atoms with Crippen LogP contribution in [0.3, 0.4) is 0 Å². The van der Waals surface area contributed by atoms with Crippen molar-refractivity contribution in [3.8, 4) is 0 Å². The Kier molecular flexibility index (Phi) is 7.06. The third-order valence-corrected chi connectivity index (χ3v) is 6.24. The van der Waals surface area contributed by atoms with E-state index in [1.54, 1.807) is 0 Å². The Hall–Kier alpha value is -1.60. The predicted molar refractivity (Wildman–Crippen MR) is 104 cm³/mol. The zero-order valence-corrected chi connectivity index (χ0v) is 16.7. The smallest absolute Gasteiger partial charge is 0.412 e. The fourth-order valence-electron chi connectivity index (χ4n) is 3.00. The third-order valence-electron chi connectivity index (χ3n) is 4.29. The highest BCUT2D eigenvalue weighted by Gasteiger charge is 2.27. The van der Waals surface area contributed by atoms with E-state index in [0.29, 0.717) is 12.2 Å². The van der Waals surface area contributed by atoms with Crippen LogP contribution in [-0.4, -0.2) is 31.9 Å². The average Bonchev–Trinajstić information content (AvgIpc) is 3.06. The molecule has 0 spiro atoms. The number of nitrogens with one attached hydrogen (secondary N) is 2. The number of ether oxygens (including phenoxy) is 1. The molecule has 26 heavy (non-hydrogen) atoms. The first-order valence-corrected chi connectivity index (χ1v) is 10.8. The van der Waals surface area contributed by atoms with Gasteiger partial charge >= 0.3 is 6.09 Å². The first-order valence-electron chi connectivity index (χ1n) is 9.23. The van der Waals surface area contributed by atoms with Crippen LogP contribution in [0.2, 0.25) is 0 Å². The maximum Gasteiger partial charge on any atom is 0.412 e. The van der Waals surface area contributed by atoms with Crippen molar-refractivity contribution in [1.82, 2.24) is 4.72 Å². The Balaban J connectivity index is 1.73. The van der Waals surface area contributed by atoms with Crippen LogP contribution < -0.4 is 10.0 Å². The molecule has 0 saturated heterocycles. The summed E-state index contributed by atoms with van der Waals surface area (Å²) in [4.78, 5) is 11.7. The third kappa shape index (κ3) is 6.96. The van der Waals surface area contributed by atoms with E-state index >= 15 is 0 Å². The van der Waals surface area contributed by atoms with Crippen LogP contribution in [0.15, 0.2) is 24.3 Å². The SMILES string of the molecule is CC(C)(C)OC(=O)Nc1ccc(CCCNS(=O)(=O)C2CCCC2)cc1. The maximum absolute atomic E-state index is 12.1. The lowest BCUT2D eigenvalue weighted by molar-refractivity contribution is 0.0636. The Labute approximate surface area is 156 Å². The molecule has 6 nitrogen and oxygen atoms in total. The summed E-state index contributed by atoms with van der Waals surface area (Å²) < 4.78 is 32.2. The number of rotatable bonds is 7. The van der Waals surface area contributed by atoms with Gasteiger partial charge in [0.15, 0.2) is 0 Å². The van der Waals surface area contributed by atoms with Crippen LogP contribution in [-0.2, 0) is 21.2 Å². The minimum Gasteiger partial charge on any atom is -0.444 e. The topological polar surface area (TPSA) is 84.5 Å². The number of carbonyl (C=O) groups excluding carboxylic acids is 1. The van der Waals surface area contributed by atoms with Gasteiger partial charge in [-0.15, -0.1) is 0 Å². The summed E-state index contributed by atoms with van der Waals surface area (Å²) in [5, 5.41) is 2.48. The summed E-state index contributed by atoms with van der Waals surface area (Å²) in [6, 6.07) is 7.50. The lowest BCUT2D eigenvalue weighted by Gasteiger charge is -2.19. The molecule has 1 saturated carbocycles. The van der Waals surface area contributed by atoms with Crippen LogP contribution in [0.5, 0.6) is 0 Å². The molecular formula is C19H30N2O4S. The molecule has 146 valence electrons. The van der Waals surface area contributed by atoms with Gasteiger partial charge in [0.2, 0.25) is 10.0 Å². The van der Waals surface area contributed by atoms with E-state index < -0.39 is 21.7 Å². The maximum atomic E-state index is 12.1. The largest absolute Gasteiger partial charge is 0.444 e. The molecule has 2 rings (SSSR count). The molecule has 1 aromatic rings. The summed E-state index contributed by atoms with van der Waals surface area (Å²) in [5.74, 6) is 0. The molecule has 0 unspecified atom stereocenters. The predicted octanol–water partition coefficient (Wildman–Crippen LogP) is 3.83. The van der Waals surface area contributed by atoms with Gasteiger partial charge in [0.05, 0.1) is 5.25 Å². The molecule has 0 aliphatic heterocycles. The van der Waals surface area contributed by atoms with Gasteiger partial charge in [-0.2, -0.15) is 0 Å². The van der Waals surface area contributed by atoms with Crippen molar-refractivity contribution in [3.63, 3.8) is 0 Å². The second kappa shape index (κ2) is 8.86. The van der Waals surface area contributed by atoms with Crippen molar-refractivity contribution in [1.29, 1.82) is 0 Å². The Morgan fingerprint density at radius 2 is 1.77 bits per heavy atom. The van der Waals surface area contributed by atoms with Crippen molar-refractivity contribution < 1.29 is 17.9 Å². The number of hydrogen-bond acceptors (Lipinski definition) is 4. The van der Waals surface area contributed by atoms with Crippen molar-refractivity contribution in [2.75, 3.05) is 11.9 Å². The normalized spacial score (nSPS) is 15.8. The highest BCUT2D eigenvalue weighted by Crippen LogP contribution is 2.23. The second-order valence-electron chi connectivity index (χ2n) is 7.77. The molecule has 1 aromatic carbocycles. The summed E-state index contributed by atoms with van der Waals surface area (Å²) in [6.45, 7) is 5.90. The van der Waals surface area contributed by atoms with E-state index in [0.717, 1.165) is 44.1 Å². The van der Waals surface area contributed by atoms with E-state index in [2.05, 4.69) is 10.0 Å². The number of hydrogen-bond donors (Lipinski definition) is 2. The molecule has 1 aliphatic carbocycles. The summed E-state index contributed by atoms with van der Waals surface area (Å²) in [5.41, 5.74) is 1.24. The molecule has 1 amide bonds. The molecule has 1 fully saturated rings. The second-order valence-corrected chi connectivity index (χ2v) is 9.82. The number of anilines is 1. The monoisotopic (exact) mass is 382 g/mol. The minimum absolute atomic E-state index is 0.208. The molecule has 0 radical (unpaired) electrons. The van der Waals surface area contributed by atoms with Gasteiger partial charge in [0.25, 0.3) is 0 Å². The number of benzene rings is 1. The van der Waals surface area contributed by atoms with Gasteiger partial charge in [0, 0.05) is 12.2 Å². The van der Waals surface area contributed by atoms with E-state index in [1.807, 2.05) is 45.0 Å². The highest BCUT2D eigenvalue weighted by molar-refractivity contribution is 7.90. The number of amides is 1. The summed E-state index contributed by atoms with van der Waals surface area (Å²) >= 11 is 0. The van der Waals surface area contributed by atoms with Crippen molar-refractivity contribution in [3.05, 3.63) is 29.8 Å². The molecular weight excluding hydrogens is 352 g/mol. The van der Waals surface area contributed by atoms with E-state index in [-0.39, 0.29) is 5.25 Å². The zero-order valence-electron chi connectivity index (χ0n) is 15.9. The van der Waals surface area contributed by atoms with Gasteiger partial charge < -0.3 is 4.74 Å². The molecule has 0 atom stereocenters. The Morgan fingerprint density at radius 3 is 2.35 bits per heavy atom. The quantitative estimate of drug-likeness (QED) is 0.702. The van der Waals surface area contributed by atoms with Crippen LogP contribution >= 0.6 is 0 Å². The molecule has 2 N–H and O–H groups in total. The van der Waals surface area contributed by atoms with Gasteiger partial charge in [0.1, 0.15) is 5.60 Å². The van der Waals surface area contributed by atoms with E-state index in [9.17, 15) is 13.2 Å². The molecule has 1 aliphatic rings. The lowest BCUT2D eigenvalue weighted by atomic mass is 10.1. The highest BCUT2D eigenvalue weighted by atomic mass is 32.2. The standard InChI is InChI=1S/C19H30N2O4S/c1-19(2,3)25-18(22)21-16-12-10-15(11-13-16)7-6-14-20-26(23,24)17-8-4-5-9-17/h10-13,17,20H,4-9,14H2,1-3H3,(H,21,22). The summed E-state index contributed by atoms with van der Waals surface area (Å²) in [6.07, 6.45) is 4.62. The molecule has 0 heterocycles. The zero-order chi connectivity index (χ0) is 19.2. The lowest BCUT2D eigenvalue weighted by Crippen LogP contribution is -2.33. The van der Waals surface area contributed by atoms with Crippen molar-refractivity contribution in [2.45, 2.75) is 70.1 Å². The van der Waals surface area contributed by atoms with Gasteiger partial charge in [-0.3, -0.25) is 5.32 Å². The molecule has 7 heteroatoms. The molecule has 0 aromatic heterocycles. The fourth-order valence-corrected chi connectivity index (χ4v) is 4.62. The fraction of sp³-hybridized carbons (Fsp3) is 0.632.